The van der Waals surface area contributed by atoms with Crippen molar-refractivity contribution in [3.05, 3.63) is 0 Å². The summed E-state index contributed by atoms with van der Waals surface area (Å²) < 4.78 is 27.0. The van der Waals surface area contributed by atoms with Gasteiger partial charge in [-0.3, -0.25) is 0 Å². The Kier molecular flexibility index (Phi) is 6.08. The number of sulfonamides is 1. The second-order valence-electron chi connectivity index (χ2n) is 5.82. The van der Waals surface area contributed by atoms with Crippen LogP contribution in [0.1, 0.15) is 46.5 Å². The Hall–Kier alpha value is -0.130. The molecule has 5 heteroatoms. The molecule has 0 aromatic heterocycles. The van der Waals surface area contributed by atoms with Crippen molar-refractivity contribution >= 4 is 10.0 Å². The zero-order valence-corrected chi connectivity index (χ0v) is 13.0. The second-order valence-corrected chi connectivity index (χ2v) is 8.12. The Morgan fingerprint density at radius 1 is 1.22 bits per heavy atom. The van der Waals surface area contributed by atoms with Crippen LogP contribution >= 0.6 is 0 Å². The molecule has 0 aromatic carbocycles. The molecule has 1 aliphatic carbocycles. The van der Waals surface area contributed by atoms with Crippen molar-refractivity contribution in [2.75, 3.05) is 20.1 Å². The first-order chi connectivity index (χ1) is 8.39. The molecule has 108 valence electrons. The van der Waals surface area contributed by atoms with E-state index in [2.05, 4.69) is 19.2 Å². The maximum absolute atomic E-state index is 12.6. The highest BCUT2D eigenvalue weighted by Crippen LogP contribution is 2.27. The lowest BCUT2D eigenvalue weighted by molar-refractivity contribution is 0.289. The Balaban J connectivity index is 2.86. The van der Waals surface area contributed by atoms with E-state index >= 15 is 0 Å². The Morgan fingerprint density at radius 2 is 1.78 bits per heavy atom. The van der Waals surface area contributed by atoms with E-state index in [1.807, 2.05) is 0 Å². The van der Waals surface area contributed by atoms with Crippen LogP contribution in [0, 0.1) is 5.92 Å². The van der Waals surface area contributed by atoms with E-state index in [4.69, 9.17) is 0 Å². The van der Waals surface area contributed by atoms with E-state index in [0.29, 0.717) is 19.0 Å². The van der Waals surface area contributed by atoms with Gasteiger partial charge < -0.3 is 5.32 Å². The molecule has 0 heterocycles. The second kappa shape index (κ2) is 6.87. The van der Waals surface area contributed by atoms with Gasteiger partial charge in [-0.05, 0) is 32.7 Å². The molecule has 0 amide bonds. The van der Waals surface area contributed by atoms with E-state index in [-0.39, 0.29) is 11.3 Å². The quantitative estimate of drug-likeness (QED) is 0.772. The number of hydrogen-bond donors (Lipinski definition) is 1. The summed E-state index contributed by atoms with van der Waals surface area (Å²) in [5, 5.41) is 2.62. The third kappa shape index (κ3) is 3.93. The smallest absolute Gasteiger partial charge is 0.218 e. The summed E-state index contributed by atoms with van der Waals surface area (Å²) in [5.74, 6) is 0.377. The highest BCUT2D eigenvalue weighted by Gasteiger charge is 2.35. The molecule has 0 radical (unpaired) electrons. The van der Waals surface area contributed by atoms with E-state index in [9.17, 15) is 8.42 Å². The standard InChI is InChI=1S/C13H28N2O2S/c1-11(2)10-15(13-7-5-6-8-13)18(16,17)12(3)9-14-4/h11-14H,5-10H2,1-4H3. The van der Waals surface area contributed by atoms with Crippen LogP contribution in [-0.4, -0.2) is 44.2 Å². The first-order valence-electron chi connectivity index (χ1n) is 7.04. The van der Waals surface area contributed by atoms with Gasteiger partial charge in [0.05, 0.1) is 5.25 Å². The zero-order chi connectivity index (χ0) is 13.8. The molecule has 1 rings (SSSR count). The maximum Gasteiger partial charge on any atom is 0.218 e. The average Bonchev–Trinajstić information content (AvgIpc) is 2.78. The number of hydrogen-bond acceptors (Lipinski definition) is 3. The van der Waals surface area contributed by atoms with Crippen LogP contribution in [0.4, 0.5) is 0 Å². The van der Waals surface area contributed by atoms with E-state index in [1.165, 1.54) is 0 Å². The van der Waals surface area contributed by atoms with Gasteiger partial charge >= 0.3 is 0 Å². The van der Waals surface area contributed by atoms with E-state index in [0.717, 1.165) is 25.7 Å². The van der Waals surface area contributed by atoms with Crippen molar-refractivity contribution < 1.29 is 8.42 Å². The average molecular weight is 276 g/mol. The van der Waals surface area contributed by atoms with Gasteiger partial charge in [0, 0.05) is 19.1 Å². The van der Waals surface area contributed by atoms with Crippen molar-refractivity contribution in [1.29, 1.82) is 0 Å². The summed E-state index contributed by atoms with van der Waals surface area (Å²) in [6.45, 7) is 7.14. The van der Waals surface area contributed by atoms with Gasteiger partial charge in [-0.2, -0.15) is 4.31 Å². The van der Waals surface area contributed by atoms with Crippen molar-refractivity contribution in [3.63, 3.8) is 0 Å². The molecule has 1 aliphatic rings. The molecule has 0 spiro atoms. The third-order valence-corrected chi connectivity index (χ3v) is 5.89. The summed E-state index contributed by atoms with van der Waals surface area (Å²) in [6, 6.07) is 0.233. The largest absolute Gasteiger partial charge is 0.318 e. The van der Waals surface area contributed by atoms with Crippen LogP contribution < -0.4 is 5.32 Å². The Morgan fingerprint density at radius 3 is 2.22 bits per heavy atom. The van der Waals surface area contributed by atoms with Gasteiger partial charge in [-0.25, -0.2) is 8.42 Å². The third-order valence-electron chi connectivity index (χ3n) is 3.60. The van der Waals surface area contributed by atoms with E-state index < -0.39 is 10.0 Å². The molecule has 4 nitrogen and oxygen atoms in total. The van der Waals surface area contributed by atoms with E-state index in [1.54, 1.807) is 18.3 Å². The molecule has 0 bridgehead atoms. The normalized spacial score (nSPS) is 19.9. The van der Waals surface area contributed by atoms with Gasteiger partial charge in [-0.15, -0.1) is 0 Å². The number of nitrogens with one attached hydrogen (secondary N) is 1. The van der Waals surface area contributed by atoms with Crippen molar-refractivity contribution in [2.45, 2.75) is 57.7 Å². The molecule has 0 aliphatic heterocycles. The van der Waals surface area contributed by atoms with Crippen molar-refractivity contribution in [2.24, 2.45) is 5.92 Å². The predicted molar refractivity (Wildman–Crippen MR) is 76.1 cm³/mol. The summed E-state index contributed by atoms with van der Waals surface area (Å²) in [6.07, 6.45) is 4.38. The van der Waals surface area contributed by atoms with Gasteiger partial charge in [0.25, 0.3) is 0 Å². The topological polar surface area (TPSA) is 49.4 Å². The van der Waals surface area contributed by atoms with Crippen LogP contribution in [0.25, 0.3) is 0 Å². The summed E-state index contributed by atoms with van der Waals surface area (Å²) in [4.78, 5) is 0. The lowest BCUT2D eigenvalue weighted by Crippen LogP contribution is -2.47. The highest BCUT2D eigenvalue weighted by atomic mass is 32.2. The lowest BCUT2D eigenvalue weighted by Gasteiger charge is -2.32. The van der Waals surface area contributed by atoms with Gasteiger partial charge in [0.2, 0.25) is 10.0 Å². The summed E-state index contributed by atoms with van der Waals surface area (Å²) >= 11 is 0. The predicted octanol–water partition coefficient (Wildman–Crippen LogP) is 1.82. The van der Waals surface area contributed by atoms with Crippen LogP contribution in [0.15, 0.2) is 0 Å². The van der Waals surface area contributed by atoms with Crippen molar-refractivity contribution in [3.8, 4) is 0 Å². The summed E-state index contributed by atoms with van der Waals surface area (Å²) in [7, 11) is -1.37. The number of nitrogens with zero attached hydrogens (tertiary/aromatic N) is 1. The Labute approximate surface area is 112 Å². The molecule has 0 aromatic rings. The van der Waals surface area contributed by atoms with Gasteiger partial charge in [-0.1, -0.05) is 26.7 Å². The van der Waals surface area contributed by atoms with Gasteiger partial charge in [0.1, 0.15) is 0 Å². The lowest BCUT2D eigenvalue weighted by atomic mass is 10.2. The minimum absolute atomic E-state index is 0.233. The molecular weight excluding hydrogens is 248 g/mol. The minimum atomic E-state index is -3.17. The van der Waals surface area contributed by atoms with Crippen LogP contribution in [0.3, 0.4) is 0 Å². The fraction of sp³-hybridized carbons (Fsp3) is 1.00. The zero-order valence-electron chi connectivity index (χ0n) is 12.1. The fourth-order valence-corrected chi connectivity index (χ4v) is 4.61. The molecule has 1 N–H and O–H groups in total. The molecule has 1 fully saturated rings. The fourth-order valence-electron chi connectivity index (χ4n) is 2.64. The highest BCUT2D eigenvalue weighted by molar-refractivity contribution is 7.89. The van der Waals surface area contributed by atoms with Crippen LogP contribution in [0.5, 0.6) is 0 Å². The molecule has 1 unspecified atom stereocenters. The summed E-state index contributed by atoms with van der Waals surface area (Å²) in [5.41, 5.74) is 0. The molecular formula is C13H28N2O2S. The minimum Gasteiger partial charge on any atom is -0.318 e. The molecule has 18 heavy (non-hydrogen) atoms. The SMILES string of the molecule is CNCC(C)S(=O)(=O)N(CC(C)C)C1CCCC1. The number of rotatable bonds is 7. The molecule has 0 saturated heterocycles. The Bertz CT molecular complexity index is 335. The molecule has 1 atom stereocenters. The van der Waals surface area contributed by atoms with Crippen LogP contribution in [0.2, 0.25) is 0 Å². The van der Waals surface area contributed by atoms with Crippen molar-refractivity contribution in [1.82, 2.24) is 9.62 Å². The van der Waals surface area contributed by atoms with Crippen LogP contribution in [-0.2, 0) is 10.0 Å². The monoisotopic (exact) mass is 276 g/mol. The molecule has 1 saturated carbocycles. The first-order valence-corrected chi connectivity index (χ1v) is 8.55. The first kappa shape index (κ1) is 15.9. The van der Waals surface area contributed by atoms with Gasteiger partial charge in [0.15, 0.2) is 0 Å². The maximum atomic E-state index is 12.6.